The molecule has 1 N–H and O–H groups in total. The van der Waals surface area contributed by atoms with Crippen molar-refractivity contribution in [2.45, 2.75) is 70.7 Å². The van der Waals surface area contributed by atoms with Gasteiger partial charge in [-0.05, 0) is 19.3 Å². The Balaban J connectivity index is 1.82. The van der Waals surface area contributed by atoms with E-state index in [0.717, 1.165) is 31.2 Å². The number of ether oxygens (including phenoxy) is 1. The summed E-state index contributed by atoms with van der Waals surface area (Å²) < 4.78 is 6.02. The average Bonchev–Trinajstić information content (AvgIpc) is 2.80. The number of fused-ring (bicyclic) bond motifs is 6. The van der Waals surface area contributed by atoms with Gasteiger partial charge in [-0.1, -0.05) is 20.8 Å². The molecule has 5 nitrogen and oxygen atoms in total. The Morgan fingerprint density at radius 2 is 2.18 bits per heavy atom. The summed E-state index contributed by atoms with van der Waals surface area (Å²) in [6.45, 7) is 9.02. The molecule has 2 bridgehead atoms. The zero-order chi connectivity index (χ0) is 15.3. The highest BCUT2D eigenvalue weighted by atomic mass is 16.5. The third-order valence-electron chi connectivity index (χ3n) is 5.30. The van der Waals surface area contributed by atoms with Crippen LogP contribution in [0.5, 0.6) is 0 Å². The van der Waals surface area contributed by atoms with E-state index < -0.39 is 0 Å². The Morgan fingerprint density at radius 3 is 2.95 bits per heavy atom. The number of hydrogen-bond acceptors (Lipinski definition) is 5. The van der Waals surface area contributed by atoms with Gasteiger partial charge in [-0.2, -0.15) is 0 Å². The number of rotatable bonds is 2. The van der Waals surface area contributed by atoms with Crippen LogP contribution in [0.1, 0.15) is 56.6 Å². The van der Waals surface area contributed by atoms with E-state index in [1.54, 1.807) is 0 Å². The Kier molecular flexibility index (Phi) is 3.57. The van der Waals surface area contributed by atoms with E-state index >= 15 is 0 Å². The third kappa shape index (κ3) is 2.22. The van der Waals surface area contributed by atoms with Gasteiger partial charge in [0.05, 0.1) is 24.9 Å². The summed E-state index contributed by atoms with van der Waals surface area (Å²) in [6, 6.07) is 1.57. The van der Waals surface area contributed by atoms with Gasteiger partial charge in [0, 0.05) is 30.1 Å². The van der Waals surface area contributed by atoms with E-state index in [4.69, 9.17) is 14.7 Å². The van der Waals surface area contributed by atoms with Crippen LogP contribution in [0.15, 0.2) is 0 Å². The quantitative estimate of drug-likeness (QED) is 0.905. The molecule has 0 radical (unpaired) electrons. The van der Waals surface area contributed by atoms with Crippen molar-refractivity contribution in [3.05, 3.63) is 17.1 Å². The number of aromatic nitrogens is 2. The smallest absolute Gasteiger partial charge is 0.138 e. The molecule has 0 amide bonds. The van der Waals surface area contributed by atoms with E-state index in [1.807, 2.05) is 0 Å². The van der Waals surface area contributed by atoms with Crippen LogP contribution in [0, 0.1) is 0 Å². The minimum atomic E-state index is 0.359. The maximum atomic E-state index is 6.02. The van der Waals surface area contributed by atoms with Gasteiger partial charge >= 0.3 is 0 Å². The van der Waals surface area contributed by atoms with E-state index in [-0.39, 0.29) is 0 Å². The van der Waals surface area contributed by atoms with Crippen LogP contribution >= 0.6 is 0 Å². The van der Waals surface area contributed by atoms with Crippen molar-refractivity contribution in [1.82, 2.24) is 15.3 Å². The number of anilines is 1. The van der Waals surface area contributed by atoms with Gasteiger partial charge < -0.3 is 15.0 Å². The number of piperazine rings is 1. The lowest BCUT2D eigenvalue weighted by molar-refractivity contribution is 0.1000. The lowest BCUT2D eigenvalue weighted by Gasteiger charge is -2.41. The van der Waals surface area contributed by atoms with Crippen LogP contribution in [-0.2, 0) is 17.8 Å². The monoisotopic (exact) mass is 302 g/mol. The largest absolute Gasteiger partial charge is 0.374 e. The summed E-state index contributed by atoms with van der Waals surface area (Å²) in [5.41, 5.74) is 2.39. The van der Waals surface area contributed by atoms with Crippen molar-refractivity contribution in [3.8, 4) is 0 Å². The van der Waals surface area contributed by atoms with Crippen molar-refractivity contribution >= 4 is 5.82 Å². The highest BCUT2D eigenvalue weighted by Gasteiger charge is 2.43. The highest BCUT2D eigenvalue weighted by molar-refractivity contribution is 5.52. The summed E-state index contributed by atoms with van der Waals surface area (Å²) in [7, 11) is 0. The number of aryl methyl sites for hydroxylation is 1. The molecule has 4 rings (SSSR count). The molecule has 0 spiro atoms. The van der Waals surface area contributed by atoms with Gasteiger partial charge in [0.2, 0.25) is 0 Å². The van der Waals surface area contributed by atoms with E-state index in [2.05, 4.69) is 31.0 Å². The van der Waals surface area contributed by atoms with Crippen molar-refractivity contribution < 1.29 is 4.74 Å². The second-order valence-corrected chi connectivity index (χ2v) is 7.12. The zero-order valence-electron chi connectivity index (χ0n) is 13.8. The van der Waals surface area contributed by atoms with Crippen LogP contribution < -0.4 is 10.2 Å². The van der Waals surface area contributed by atoms with Gasteiger partial charge in [-0.25, -0.2) is 9.97 Å². The van der Waals surface area contributed by atoms with Gasteiger partial charge in [0.25, 0.3) is 0 Å². The minimum Gasteiger partial charge on any atom is -0.374 e. The molecule has 0 aliphatic carbocycles. The molecule has 5 heteroatoms. The molecule has 22 heavy (non-hydrogen) atoms. The predicted molar refractivity (Wildman–Crippen MR) is 86.2 cm³/mol. The normalized spacial score (nSPS) is 30.2. The van der Waals surface area contributed by atoms with Crippen molar-refractivity contribution in [1.29, 1.82) is 0 Å². The Morgan fingerprint density at radius 1 is 1.32 bits per heavy atom. The first-order valence-corrected chi connectivity index (χ1v) is 8.67. The van der Waals surface area contributed by atoms with Crippen molar-refractivity contribution in [2.75, 3.05) is 18.1 Å². The lowest BCUT2D eigenvalue weighted by atomic mass is 10.0. The van der Waals surface area contributed by atoms with Crippen LogP contribution in [0.25, 0.3) is 0 Å². The van der Waals surface area contributed by atoms with E-state index in [9.17, 15) is 0 Å². The highest BCUT2D eigenvalue weighted by Crippen LogP contribution is 2.35. The second kappa shape index (κ2) is 5.46. The molecule has 3 atom stereocenters. The summed E-state index contributed by atoms with van der Waals surface area (Å²) in [4.78, 5) is 12.3. The molecule has 3 aliphatic rings. The predicted octanol–water partition coefficient (Wildman–Crippen LogP) is 2.00. The Labute approximate surface area is 132 Å². The van der Waals surface area contributed by atoms with Gasteiger partial charge in [-0.3, -0.25) is 0 Å². The molecule has 0 aromatic carbocycles. The topological polar surface area (TPSA) is 50.3 Å². The first-order valence-electron chi connectivity index (χ1n) is 8.67. The van der Waals surface area contributed by atoms with E-state index in [0.29, 0.717) is 30.7 Å². The Bertz CT molecular complexity index is 574. The fourth-order valence-corrected chi connectivity index (χ4v) is 4.09. The molecule has 0 saturated carbocycles. The maximum Gasteiger partial charge on any atom is 0.138 e. The summed E-state index contributed by atoms with van der Waals surface area (Å²) in [5.74, 6) is 2.48. The molecule has 3 aliphatic heterocycles. The first kappa shape index (κ1) is 14.4. The van der Waals surface area contributed by atoms with Crippen LogP contribution in [0.4, 0.5) is 5.82 Å². The van der Waals surface area contributed by atoms with Crippen LogP contribution in [-0.4, -0.2) is 41.2 Å². The molecular formula is C17H26N4O. The number of nitrogens with zero attached hydrogens (tertiary/aromatic N) is 3. The number of nitrogens with one attached hydrogen (secondary N) is 1. The summed E-state index contributed by atoms with van der Waals surface area (Å²) >= 11 is 0. The van der Waals surface area contributed by atoms with Gasteiger partial charge in [-0.15, -0.1) is 0 Å². The standard InChI is InChI=1S/C17H26N4O/c1-4-13-12-8-22-9-15-14-6-5-11(18-14)7-21(15)17(12)20-16(19-13)10(2)3/h10-11,14-15,18H,4-9H2,1-3H3/t11-,14+,15?/m0/s1. The van der Waals surface area contributed by atoms with Crippen molar-refractivity contribution in [2.24, 2.45) is 0 Å². The van der Waals surface area contributed by atoms with E-state index in [1.165, 1.54) is 24.1 Å². The lowest BCUT2D eigenvalue weighted by Crippen LogP contribution is -2.59. The SMILES string of the molecule is CCc1nc(C(C)C)nc2c1COCC1[C@H]3CC[C@@H](CN21)N3. The molecular weight excluding hydrogens is 276 g/mol. The molecule has 4 heterocycles. The molecule has 1 aromatic rings. The van der Waals surface area contributed by atoms with Crippen LogP contribution in [0.3, 0.4) is 0 Å². The second-order valence-electron chi connectivity index (χ2n) is 7.12. The molecule has 2 saturated heterocycles. The summed E-state index contributed by atoms with van der Waals surface area (Å²) in [5, 5.41) is 3.75. The van der Waals surface area contributed by atoms with Crippen LogP contribution in [0.2, 0.25) is 0 Å². The molecule has 2 fully saturated rings. The molecule has 1 aromatic heterocycles. The fourth-order valence-electron chi connectivity index (χ4n) is 4.09. The fraction of sp³-hybridized carbons (Fsp3) is 0.765. The molecule has 1 unspecified atom stereocenters. The third-order valence-corrected chi connectivity index (χ3v) is 5.30. The summed E-state index contributed by atoms with van der Waals surface area (Å²) in [6.07, 6.45) is 3.47. The first-order chi connectivity index (χ1) is 10.7. The zero-order valence-corrected chi connectivity index (χ0v) is 13.8. The van der Waals surface area contributed by atoms with Gasteiger partial charge in [0.1, 0.15) is 11.6 Å². The molecule has 120 valence electrons. The van der Waals surface area contributed by atoms with Gasteiger partial charge in [0.15, 0.2) is 0 Å². The Hall–Kier alpha value is -1.20. The average molecular weight is 302 g/mol. The minimum absolute atomic E-state index is 0.359. The maximum absolute atomic E-state index is 6.02. The van der Waals surface area contributed by atoms with Crippen molar-refractivity contribution in [3.63, 3.8) is 0 Å². The number of hydrogen-bond donors (Lipinski definition) is 1.